The minimum Gasteiger partial charge on any atom is -0.348 e. The van der Waals surface area contributed by atoms with Crippen molar-refractivity contribution in [2.75, 3.05) is 5.32 Å². The van der Waals surface area contributed by atoms with Crippen molar-refractivity contribution in [3.8, 4) is 0 Å². The highest BCUT2D eigenvalue weighted by Crippen LogP contribution is 2.24. The number of hydrogen-bond donors (Lipinski definition) is 2. The lowest BCUT2D eigenvalue weighted by molar-refractivity contribution is 0.0950. The van der Waals surface area contributed by atoms with Crippen molar-refractivity contribution in [2.24, 2.45) is 0 Å². The quantitative estimate of drug-likeness (QED) is 0.705. The maximum atomic E-state index is 12.2. The molecule has 0 saturated heterocycles. The highest BCUT2D eigenvalue weighted by molar-refractivity contribution is 5.94. The summed E-state index contributed by atoms with van der Waals surface area (Å²) in [6, 6.07) is 15.6. The molecule has 2 aromatic heterocycles. The summed E-state index contributed by atoms with van der Waals surface area (Å²) < 4.78 is 0. The van der Waals surface area contributed by atoms with Crippen molar-refractivity contribution in [1.82, 2.24) is 15.3 Å². The van der Waals surface area contributed by atoms with Gasteiger partial charge in [-0.25, -0.2) is 4.98 Å². The number of anilines is 2. The van der Waals surface area contributed by atoms with Crippen LogP contribution in [0, 0.1) is 0 Å². The first-order valence-corrected chi connectivity index (χ1v) is 8.92. The molecule has 0 atom stereocenters. The molecule has 3 aromatic rings. The maximum Gasteiger partial charge on any atom is 0.253 e. The Morgan fingerprint density at radius 3 is 2.37 bits per heavy atom. The van der Waals surface area contributed by atoms with Crippen molar-refractivity contribution < 1.29 is 4.79 Å². The Hall–Kier alpha value is -3.21. The number of hydrogen-bond acceptors (Lipinski definition) is 4. The van der Waals surface area contributed by atoms with Crippen LogP contribution in [0.4, 0.5) is 11.5 Å². The van der Waals surface area contributed by atoms with Crippen LogP contribution < -0.4 is 10.6 Å². The Morgan fingerprint density at radius 1 is 1.00 bits per heavy atom. The predicted octanol–water partition coefficient (Wildman–Crippen LogP) is 4.45. The van der Waals surface area contributed by atoms with E-state index in [4.69, 9.17) is 0 Å². The summed E-state index contributed by atoms with van der Waals surface area (Å²) in [6.07, 6.45) is 5.01. The number of amides is 1. The van der Waals surface area contributed by atoms with E-state index in [0.717, 1.165) is 11.3 Å². The fraction of sp³-hybridized carbons (Fsp3) is 0.227. The van der Waals surface area contributed by atoms with Crippen LogP contribution in [0.2, 0.25) is 0 Å². The van der Waals surface area contributed by atoms with Crippen LogP contribution in [-0.2, 0) is 12.0 Å². The van der Waals surface area contributed by atoms with Gasteiger partial charge in [-0.15, -0.1) is 0 Å². The number of aromatic nitrogens is 2. The number of nitrogens with one attached hydrogen (secondary N) is 2. The van der Waals surface area contributed by atoms with Crippen molar-refractivity contribution in [2.45, 2.75) is 32.7 Å². The first-order valence-electron chi connectivity index (χ1n) is 8.92. The molecule has 0 aliphatic rings. The molecule has 0 saturated carbocycles. The second kappa shape index (κ2) is 7.99. The number of rotatable bonds is 5. The van der Waals surface area contributed by atoms with Gasteiger partial charge in [-0.2, -0.15) is 0 Å². The minimum atomic E-state index is -0.160. The third kappa shape index (κ3) is 5.14. The molecule has 0 fully saturated rings. The molecule has 0 radical (unpaired) electrons. The van der Waals surface area contributed by atoms with Gasteiger partial charge in [0.1, 0.15) is 5.82 Å². The minimum absolute atomic E-state index is 0.127. The molecule has 5 nitrogen and oxygen atoms in total. The van der Waals surface area contributed by atoms with Crippen LogP contribution in [0.5, 0.6) is 0 Å². The van der Waals surface area contributed by atoms with Crippen molar-refractivity contribution in [3.63, 3.8) is 0 Å². The molecule has 0 unspecified atom stereocenters. The zero-order valence-corrected chi connectivity index (χ0v) is 15.9. The summed E-state index contributed by atoms with van der Waals surface area (Å²) in [5.74, 6) is 0.537. The van der Waals surface area contributed by atoms with Crippen LogP contribution in [-0.4, -0.2) is 15.9 Å². The molecule has 2 N–H and O–H groups in total. The van der Waals surface area contributed by atoms with Gasteiger partial charge in [0.2, 0.25) is 0 Å². The average molecular weight is 360 g/mol. The molecule has 2 heterocycles. The molecule has 3 rings (SSSR count). The number of nitrogens with zero attached hydrogens (tertiary/aromatic N) is 2. The van der Waals surface area contributed by atoms with Gasteiger partial charge in [-0.05, 0) is 46.9 Å². The van der Waals surface area contributed by atoms with Crippen LogP contribution in [0.15, 0.2) is 67.1 Å². The molecule has 1 aromatic carbocycles. The summed E-state index contributed by atoms with van der Waals surface area (Å²) in [6.45, 7) is 7.01. The Balaban J connectivity index is 1.59. The molecule has 0 aliphatic heterocycles. The molecule has 138 valence electrons. The lowest BCUT2D eigenvalue weighted by atomic mass is 9.87. The Bertz CT molecular complexity index is 882. The summed E-state index contributed by atoms with van der Waals surface area (Å²) in [5, 5.41) is 6.12. The standard InChI is InChI=1S/C22H24N4O/c1-22(2,3)18-7-9-19(10-8-18)26-20-11-6-17(15-24-20)21(27)25-14-16-5-4-12-23-13-16/h4-13,15H,14H2,1-3H3,(H,24,26)(H,25,27). The van der Waals surface area contributed by atoms with Gasteiger partial charge < -0.3 is 10.6 Å². The fourth-order valence-electron chi connectivity index (χ4n) is 2.59. The topological polar surface area (TPSA) is 66.9 Å². The monoisotopic (exact) mass is 360 g/mol. The van der Waals surface area contributed by atoms with E-state index in [9.17, 15) is 4.79 Å². The first-order chi connectivity index (χ1) is 12.9. The van der Waals surface area contributed by atoms with E-state index >= 15 is 0 Å². The number of carbonyl (C=O) groups is 1. The van der Waals surface area contributed by atoms with Crippen LogP contribution in [0.3, 0.4) is 0 Å². The molecular formula is C22H24N4O. The van der Waals surface area contributed by atoms with Crippen LogP contribution >= 0.6 is 0 Å². The zero-order chi connectivity index (χ0) is 19.3. The SMILES string of the molecule is CC(C)(C)c1ccc(Nc2ccc(C(=O)NCc3cccnc3)cn2)cc1. The van der Waals surface area contributed by atoms with E-state index < -0.39 is 0 Å². The molecule has 0 spiro atoms. The number of benzene rings is 1. The molecular weight excluding hydrogens is 336 g/mol. The first kappa shape index (κ1) is 18.6. The third-order valence-electron chi connectivity index (χ3n) is 4.22. The van der Waals surface area contributed by atoms with E-state index in [2.05, 4.69) is 53.5 Å². The van der Waals surface area contributed by atoms with Gasteiger partial charge in [0.05, 0.1) is 5.56 Å². The summed E-state index contributed by atoms with van der Waals surface area (Å²) in [5.41, 5.74) is 3.84. The van der Waals surface area contributed by atoms with Crippen molar-refractivity contribution >= 4 is 17.4 Å². The highest BCUT2D eigenvalue weighted by Gasteiger charge is 2.13. The third-order valence-corrected chi connectivity index (χ3v) is 4.22. The maximum absolute atomic E-state index is 12.2. The lowest BCUT2D eigenvalue weighted by Crippen LogP contribution is -2.22. The van der Waals surface area contributed by atoms with Gasteiger partial charge in [0, 0.05) is 30.8 Å². The van der Waals surface area contributed by atoms with Crippen LogP contribution in [0.25, 0.3) is 0 Å². The summed E-state index contributed by atoms with van der Waals surface area (Å²) in [4.78, 5) is 20.6. The van der Waals surface area contributed by atoms with Gasteiger partial charge in [-0.3, -0.25) is 9.78 Å². The summed E-state index contributed by atoms with van der Waals surface area (Å²) >= 11 is 0. The predicted molar refractivity (Wildman–Crippen MR) is 108 cm³/mol. The normalized spacial score (nSPS) is 11.1. The van der Waals surface area contributed by atoms with E-state index in [0.29, 0.717) is 17.9 Å². The van der Waals surface area contributed by atoms with E-state index in [-0.39, 0.29) is 11.3 Å². The van der Waals surface area contributed by atoms with Crippen molar-refractivity contribution in [1.29, 1.82) is 0 Å². The second-order valence-corrected chi connectivity index (χ2v) is 7.43. The smallest absolute Gasteiger partial charge is 0.253 e. The Labute approximate surface area is 159 Å². The number of carbonyl (C=O) groups excluding carboxylic acids is 1. The Kier molecular flexibility index (Phi) is 5.50. The van der Waals surface area contributed by atoms with Gasteiger partial charge >= 0.3 is 0 Å². The highest BCUT2D eigenvalue weighted by atomic mass is 16.1. The summed E-state index contributed by atoms with van der Waals surface area (Å²) in [7, 11) is 0. The van der Waals surface area contributed by atoms with Crippen molar-refractivity contribution in [3.05, 3.63) is 83.8 Å². The second-order valence-electron chi connectivity index (χ2n) is 7.43. The lowest BCUT2D eigenvalue weighted by Gasteiger charge is -2.19. The largest absolute Gasteiger partial charge is 0.348 e. The van der Waals surface area contributed by atoms with Gasteiger partial charge in [-0.1, -0.05) is 39.0 Å². The van der Waals surface area contributed by atoms with E-state index in [1.807, 2.05) is 24.3 Å². The molecule has 5 heteroatoms. The van der Waals surface area contributed by atoms with Gasteiger partial charge in [0.25, 0.3) is 5.91 Å². The Morgan fingerprint density at radius 2 is 1.78 bits per heavy atom. The van der Waals surface area contributed by atoms with E-state index in [1.165, 1.54) is 5.56 Å². The van der Waals surface area contributed by atoms with E-state index in [1.54, 1.807) is 30.7 Å². The molecule has 0 aliphatic carbocycles. The average Bonchev–Trinajstić information content (AvgIpc) is 2.67. The zero-order valence-electron chi connectivity index (χ0n) is 15.9. The van der Waals surface area contributed by atoms with Crippen LogP contribution in [0.1, 0.15) is 42.3 Å². The number of pyridine rings is 2. The molecule has 1 amide bonds. The molecule has 0 bridgehead atoms. The molecule has 27 heavy (non-hydrogen) atoms. The fourth-order valence-corrected chi connectivity index (χ4v) is 2.59. The van der Waals surface area contributed by atoms with Gasteiger partial charge in [0.15, 0.2) is 0 Å².